The van der Waals surface area contributed by atoms with Crippen molar-refractivity contribution in [2.45, 2.75) is 18.9 Å². The number of carbonyl (C=O) groups excluding carboxylic acids is 1. The molecule has 1 aliphatic carbocycles. The van der Waals surface area contributed by atoms with E-state index in [4.69, 9.17) is 4.74 Å². The van der Waals surface area contributed by atoms with Crippen LogP contribution in [-0.4, -0.2) is 40.8 Å². The number of nitro groups is 1. The van der Waals surface area contributed by atoms with E-state index in [0.29, 0.717) is 23.5 Å². The van der Waals surface area contributed by atoms with Gasteiger partial charge in [0.25, 0.3) is 5.91 Å². The summed E-state index contributed by atoms with van der Waals surface area (Å²) in [6.07, 6.45) is 2.03. The molecule has 0 saturated heterocycles. The molecule has 0 spiro atoms. The van der Waals surface area contributed by atoms with E-state index in [1.165, 1.54) is 25.3 Å². The van der Waals surface area contributed by atoms with Gasteiger partial charge in [0.15, 0.2) is 5.75 Å². The van der Waals surface area contributed by atoms with Crippen LogP contribution in [0.4, 0.5) is 5.69 Å². The molecule has 0 N–H and O–H groups in total. The molecule has 0 atom stereocenters. The third-order valence-corrected chi connectivity index (χ3v) is 3.55. The molecule has 1 aliphatic rings. The van der Waals surface area contributed by atoms with E-state index in [1.54, 1.807) is 4.90 Å². The SMILES string of the molecule is COc1cc(C(=O)N(CCBr)C2CC2)ccc1[N+](=O)[O-]. The lowest BCUT2D eigenvalue weighted by atomic mass is 10.1. The van der Waals surface area contributed by atoms with Crippen LogP contribution >= 0.6 is 15.9 Å². The van der Waals surface area contributed by atoms with Gasteiger partial charge in [-0.3, -0.25) is 14.9 Å². The van der Waals surface area contributed by atoms with Crippen molar-refractivity contribution >= 4 is 27.5 Å². The number of nitrogens with zero attached hydrogens (tertiary/aromatic N) is 2. The number of ether oxygens (including phenoxy) is 1. The average Bonchev–Trinajstić information content (AvgIpc) is 3.27. The molecule has 0 unspecified atom stereocenters. The fourth-order valence-corrected chi connectivity index (χ4v) is 2.44. The predicted molar refractivity (Wildman–Crippen MR) is 77.5 cm³/mol. The number of hydrogen-bond donors (Lipinski definition) is 0. The normalized spacial score (nSPS) is 13.9. The zero-order chi connectivity index (χ0) is 14.7. The summed E-state index contributed by atoms with van der Waals surface area (Å²) in [4.78, 5) is 24.6. The van der Waals surface area contributed by atoms with Crippen LogP contribution < -0.4 is 4.74 Å². The molecular formula is C13H15BrN2O4. The third-order valence-electron chi connectivity index (χ3n) is 3.20. The maximum absolute atomic E-state index is 12.4. The molecule has 7 heteroatoms. The zero-order valence-corrected chi connectivity index (χ0v) is 12.6. The van der Waals surface area contributed by atoms with E-state index in [2.05, 4.69) is 15.9 Å². The Labute approximate surface area is 125 Å². The predicted octanol–water partition coefficient (Wildman–Crippen LogP) is 2.60. The van der Waals surface area contributed by atoms with Crippen LogP contribution in [0.1, 0.15) is 23.2 Å². The number of hydrogen-bond acceptors (Lipinski definition) is 4. The van der Waals surface area contributed by atoms with Crippen molar-refractivity contribution in [1.29, 1.82) is 0 Å². The Morgan fingerprint density at radius 1 is 1.55 bits per heavy atom. The topological polar surface area (TPSA) is 72.7 Å². The number of benzene rings is 1. The summed E-state index contributed by atoms with van der Waals surface area (Å²) in [6, 6.07) is 4.52. The lowest BCUT2D eigenvalue weighted by Crippen LogP contribution is -2.34. The summed E-state index contributed by atoms with van der Waals surface area (Å²) < 4.78 is 4.99. The number of amides is 1. The molecule has 0 heterocycles. The number of alkyl halides is 1. The number of halogens is 1. The summed E-state index contributed by atoms with van der Waals surface area (Å²) in [5.41, 5.74) is 0.280. The highest BCUT2D eigenvalue weighted by Gasteiger charge is 2.33. The van der Waals surface area contributed by atoms with Gasteiger partial charge in [0.2, 0.25) is 0 Å². The average molecular weight is 343 g/mol. The minimum absolute atomic E-state index is 0.107. The van der Waals surface area contributed by atoms with Crippen LogP contribution in [0, 0.1) is 10.1 Å². The number of nitro benzene ring substituents is 1. The maximum Gasteiger partial charge on any atom is 0.310 e. The first-order valence-corrected chi connectivity index (χ1v) is 7.40. The largest absolute Gasteiger partial charge is 0.490 e. The van der Waals surface area contributed by atoms with Crippen molar-refractivity contribution in [3.05, 3.63) is 33.9 Å². The fraction of sp³-hybridized carbons (Fsp3) is 0.462. The maximum atomic E-state index is 12.4. The second kappa shape index (κ2) is 6.21. The fourth-order valence-electron chi connectivity index (χ4n) is 2.05. The Morgan fingerprint density at radius 3 is 2.75 bits per heavy atom. The van der Waals surface area contributed by atoms with Gasteiger partial charge in [0, 0.05) is 35.6 Å². The van der Waals surface area contributed by atoms with Crippen LogP contribution in [0.2, 0.25) is 0 Å². The van der Waals surface area contributed by atoms with Gasteiger partial charge in [-0.15, -0.1) is 0 Å². The first kappa shape index (κ1) is 14.8. The van der Waals surface area contributed by atoms with E-state index in [0.717, 1.165) is 12.8 Å². The molecule has 2 rings (SSSR count). The lowest BCUT2D eigenvalue weighted by Gasteiger charge is -2.21. The Hall–Kier alpha value is -1.63. The highest BCUT2D eigenvalue weighted by Crippen LogP contribution is 2.31. The monoisotopic (exact) mass is 342 g/mol. The Morgan fingerprint density at radius 2 is 2.25 bits per heavy atom. The molecular weight excluding hydrogens is 328 g/mol. The molecule has 0 radical (unpaired) electrons. The van der Waals surface area contributed by atoms with Gasteiger partial charge in [-0.1, -0.05) is 15.9 Å². The molecule has 1 aromatic rings. The van der Waals surface area contributed by atoms with Crippen LogP contribution in [0.15, 0.2) is 18.2 Å². The van der Waals surface area contributed by atoms with Crippen molar-refractivity contribution in [3.8, 4) is 5.75 Å². The Bertz CT molecular complexity index is 531. The molecule has 6 nitrogen and oxygen atoms in total. The molecule has 108 valence electrons. The van der Waals surface area contributed by atoms with Crippen molar-refractivity contribution in [2.24, 2.45) is 0 Å². The highest BCUT2D eigenvalue weighted by atomic mass is 79.9. The summed E-state index contributed by atoms with van der Waals surface area (Å²) in [5, 5.41) is 11.5. The summed E-state index contributed by atoms with van der Waals surface area (Å²) in [7, 11) is 1.35. The van der Waals surface area contributed by atoms with Crippen LogP contribution in [0.3, 0.4) is 0 Å². The zero-order valence-electron chi connectivity index (χ0n) is 11.0. The van der Waals surface area contributed by atoms with Gasteiger partial charge in [-0.2, -0.15) is 0 Å². The second-order valence-corrected chi connectivity index (χ2v) is 5.36. The standard InChI is InChI=1S/C13H15BrN2O4/c1-20-12-8-9(2-5-11(12)16(18)19)13(17)15(7-6-14)10-3-4-10/h2,5,8,10H,3-4,6-7H2,1H3. The van der Waals surface area contributed by atoms with E-state index in [9.17, 15) is 14.9 Å². The van der Waals surface area contributed by atoms with E-state index >= 15 is 0 Å². The van der Waals surface area contributed by atoms with Gasteiger partial charge in [-0.25, -0.2) is 0 Å². The molecule has 1 amide bonds. The van der Waals surface area contributed by atoms with Crippen molar-refractivity contribution in [2.75, 3.05) is 19.0 Å². The van der Waals surface area contributed by atoms with Gasteiger partial charge in [0.05, 0.1) is 12.0 Å². The summed E-state index contributed by atoms with van der Waals surface area (Å²) in [6.45, 7) is 0.628. The van der Waals surface area contributed by atoms with Gasteiger partial charge in [0.1, 0.15) is 0 Å². The molecule has 0 aliphatic heterocycles. The van der Waals surface area contributed by atoms with Crippen LogP contribution in [0.25, 0.3) is 0 Å². The summed E-state index contributed by atoms with van der Waals surface area (Å²) >= 11 is 3.34. The number of rotatable bonds is 6. The summed E-state index contributed by atoms with van der Waals surface area (Å²) in [5.74, 6) is -0.00409. The Kier molecular flexibility index (Phi) is 4.59. The van der Waals surface area contributed by atoms with Gasteiger partial charge < -0.3 is 9.64 Å². The van der Waals surface area contributed by atoms with Crippen molar-refractivity contribution < 1.29 is 14.5 Å². The van der Waals surface area contributed by atoms with Crippen LogP contribution in [0.5, 0.6) is 5.75 Å². The highest BCUT2D eigenvalue weighted by molar-refractivity contribution is 9.09. The number of methoxy groups -OCH3 is 1. The minimum Gasteiger partial charge on any atom is -0.490 e. The first-order valence-electron chi connectivity index (χ1n) is 6.28. The quantitative estimate of drug-likeness (QED) is 0.452. The second-order valence-electron chi connectivity index (χ2n) is 4.56. The third kappa shape index (κ3) is 3.09. The van der Waals surface area contributed by atoms with E-state index in [-0.39, 0.29) is 17.3 Å². The lowest BCUT2D eigenvalue weighted by molar-refractivity contribution is -0.385. The number of carbonyl (C=O) groups is 1. The Balaban J connectivity index is 2.27. The van der Waals surface area contributed by atoms with E-state index < -0.39 is 4.92 Å². The molecule has 0 aromatic heterocycles. The first-order chi connectivity index (χ1) is 9.58. The molecule has 20 heavy (non-hydrogen) atoms. The van der Waals surface area contributed by atoms with E-state index in [1.807, 2.05) is 0 Å². The van der Waals surface area contributed by atoms with Gasteiger partial charge in [-0.05, 0) is 18.9 Å². The van der Waals surface area contributed by atoms with Crippen molar-refractivity contribution in [1.82, 2.24) is 4.90 Å². The van der Waals surface area contributed by atoms with Crippen LogP contribution in [-0.2, 0) is 0 Å². The van der Waals surface area contributed by atoms with Crippen molar-refractivity contribution in [3.63, 3.8) is 0 Å². The van der Waals surface area contributed by atoms with Gasteiger partial charge >= 0.3 is 5.69 Å². The minimum atomic E-state index is -0.524. The smallest absolute Gasteiger partial charge is 0.310 e. The molecule has 1 saturated carbocycles. The molecule has 0 bridgehead atoms. The molecule has 1 fully saturated rings. The molecule has 1 aromatic carbocycles.